The SMILES string of the molecule is CC1(C)CC[C@]2(NC(=O)C(C)(F)F)CC[C@]3(C)[C@H](C(=O)C=C4[C@@]5(C)C=C(C#N)C(=O)C(C)(C)C5CC[C@]43C)[C@@H]2C1. The van der Waals surface area contributed by atoms with E-state index in [0.717, 1.165) is 24.8 Å². The van der Waals surface area contributed by atoms with Gasteiger partial charge in [-0.2, -0.15) is 14.0 Å². The molecule has 5 nitrogen and oxygen atoms in total. The first kappa shape index (κ1) is 29.1. The fourth-order valence-electron chi connectivity index (χ4n) is 10.2. The van der Waals surface area contributed by atoms with Crippen LogP contribution in [0.5, 0.6) is 0 Å². The zero-order chi connectivity index (χ0) is 29.9. The number of alkyl halides is 2. The second-order valence-corrected chi connectivity index (χ2v) is 15.8. The van der Waals surface area contributed by atoms with E-state index in [4.69, 9.17) is 0 Å². The smallest absolute Gasteiger partial charge is 0.321 e. The van der Waals surface area contributed by atoms with E-state index < -0.39 is 44.9 Å². The summed E-state index contributed by atoms with van der Waals surface area (Å²) in [5.41, 5.74) is -1.98. The van der Waals surface area contributed by atoms with Gasteiger partial charge in [0, 0.05) is 29.2 Å². The van der Waals surface area contributed by atoms with Crippen molar-refractivity contribution in [3.05, 3.63) is 23.3 Å². The van der Waals surface area contributed by atoms with Crippen LogP contribution in [-0.4, -0.2) is 28.9 Å². The highest BCUT2D eigenvalue weighted by molar-refractivity contribution is 6.04. The first-order valence-corrected chi connectivity index (χ1v) is 14.8. The first-order valence-electron chi connectivity index (χ1n) is 14.8. The summed E-state index contributed by atoms with van der Waals surface area (Å²) in [5, 5.41) is 12.7. The topological polar surface area (TPSA) is 87.0 Å². The number of nitrogens with zero attached hydrogens (tertiary/aromatic N) is 1. The highest BCUT2D eigenvalue weighted by Crippen LogP contribution is 2.73. The van der Waals surface area contributed by atoms with Crippen LogP contribution < -0.4 is 5.32 Å². The van der Waals surface area contributed by atoms with Gasteiger partial charge in [0.2, 0.25) is 0 Å². The summed E-state index contributed by atoms with van der Waals surface area (Å²) >= 11 is 0. The number of nitrogens with one attached hydrogen (secondary N) is 1. The molecule has 0 aliphatic heterocycles. The number of hydrogen-bond acceptors (Lipinski definition) is 4. The number of halogens is 2. The Bertz CT molecular complexity index is 1300. The largest absolute Gasteiger partial charge is 0.345 e. The lowest BCUT2D eigenvalue weighted by Crippen LogP contribution is -2.70. The summed E-state index contributed by atoms with van der Waals surface area (Å²) in [4.78, 5) is 40.3. The molecular weight excluding hydrogens is 510 g/mol. The maximum Gasteiger partial charge on any atom is 0.321 e. The van der Waals surface area contributed by atoms with Crippen molar-refractivity contribution >= 4 is 17.5 Å². The molecule has 1 amide bonds. The van der Waals surface area contributed by atoms with Crippen LogP contribution in [0.15, 0.2) is 23.3 Å². The van der Waals surface area contributed by atoms with E-state index >= 15 is 0 Å². The van der Waals surface area contributed by atoms with Crippen molar-refractivity contribution < 1.29 is 23.2 Å². The Hall–Kier alpha value is -2.36. The maximum atomic E-state index is 14.4. The summed E-state index contributed by atoms with van der Waals surface area (Å²) in [6, 6.07) is 2.13. The van der Waals surface area contributed by atoms with Crippen molar-refractivity contribution in [2.24, 2.45) is 44.8 Å². The van der Waals surface area contributed by atoms with E-state index in [1.807, 2.05) is 19.9 Å². The fourth-order valence-corrected chi connectivity index (χ4v) is 10.2. The summed E-state index contributed by atoms with van der Waals surface area (Å²) < 4.78 is 28.3. The molecule has 0 heterocycles. The molecule has 5 aliphatic rings. The van der Waals surface area contributed by atoms with E-state index in [1.165, 1.54) is 0 Å². The minimum atomic E-state index is -3.49. The van der Waals surface area contributed by atoms with Crippen molar-refractivity contribution in [1.29, 1.82) is 5.26 Å². The predicted molar refractivity (Wildman–Crippen MR) is 148 cm³/mol. The molecule has 0 saturated heterocycles. The van der Waals surface area contributed by atoms with Gasteiger partial charge in [0.25, 0.3) is 5.91 Å². The number of nitriles is 1. The molecule has 0 aromatic carbocycles. The summed E-state index contributed by atoms with van der Waals surface area (Å²) in [7, 11) is 0. The molecule has 0 bridgehead atoms. The van der Waals surface area contributed by atoms with Crippen molar-refractivity contribution in [1.82, 2.24) is 5.32 Å². The predicted octanol–water partition coefficient (Wildman–Crippen LogP) is 6.73. The fraction of sp³-hybridized carbons (Fsp3) is 0.758. The molecule has 0 aromatic rings. The Balaban J connectivity index is 1.67. The number of hydrogen-bond donors (Lipinski definition) is 1. The number of carbonyl (C=O) groups excluding carboxylic acids is 3. The summed E-state index contributed by atoms with van der Waals surface area (Å²) in [6.45, 7) is 15.3. The highest BCUT2D eigenvalue weighted by atomic mass is 19.3. The van der Waals surface area contributed by atoms with Gasteiger partial charge in [-0.1, -0.05) is 60.1 Å². The second-order valence-electron chi connectivity index (χ2n) is 15.8. The Morgan fingerprint density at radius 1 is 1.02 bits per heavy atom. The monoisotopic (exact) mass is 554 g/mol. The quantitative estimate of drug-likeness (QED) is 0.410. The normalized spacial score (nSPS) is 43.6. The summed E-state index contributed by atoms with van der Waals surface area (Å²) in [6.07, 6.45) is 8.42. The summed E-state index contributed by atoms with van der Waals surface area (Å²) in [5.74, 6) is -5.62. The zero-order valence-electron chi connectivity index (χ0n) is 25.3. The van der Waals surface area contributed by atoms with Gasteiger partial charge in [0.05, 0.1) is 5.57 Å². The van der Waals surface area contributed by atoms with Gasteiger partial charge in [0.15, 0.2) is 11.6 Å². The number of rotatable bonds is 2. The first-order chi connectivity index (χ1) is 18.2. The van der Waals surface area contributed by atoms with Crippen molar-refractivity contribution in [3.63, 3.8) is 0 Å². The number of ketones is 2. The van der Waals surface area contributed by atoms with Gasteiger partial charge in [-0.3, -0.25) is 14.4 Å². The number of carbonyl (C=O) groups is 3. The average Bonchev–Trinajstić information content (AvgIpc) is 2.83. The van der Waals surface area contributed by atoms with E-state index in [2.05, 4.69) is 46.0 Å². The maximum absolute atomic E-state index is 14.4. The third kappa shape index (κ3) is 3.69. The molecule has 5 aliphatic carbocycles. The van der Waals surface area contributed by atoms with Gasteiger partial charge >= 0.3 is 5.92 Å². The molecule has 0 spiro atoms. The lowest BCUT2D eigenvalue weighted by Gasteiger charge is -2.69. The molecule has 0 radical (unpaired) electrons. The second kappa shape index (κ2) is 8.35. The minimum Gasteiger partial charge on any atom is -0.345 e. The lowest BCUT2D eigenvalue weighted by molar-refractivity contribution is -0.168. The molecule has 218 valence electrons. The van der Waals surface area contributed by atoms with Crippen LogP contribution in [0.1, 0.15) is 100 Å². The van der Waals surface area contributed by atoms with E-state index in [0.29, 0.717) is 32.6 Å². The lowest BCUT2D eigenvalue weighted by atomic mass is 9.35. The Morgan fingerprint density at radius 2 is 1.65 bits per heavy atom. The molecule has 1 N–H and O–H groups in total. The third-order valence-corrected chi connectivity index (χ3v) is 12.6. The number of amides is 1. The van der Waals surface area contributed by atoms with Crippen LogP contribution in [0.4, 0.5) is 8.78 Å². The number of allylic oxidation sites excluding steroid dienone is 4. The Labute approximate surface area is 237 Å². The van der Waals surface area contributed by atoms with Gasteiger partial charge in [-0.15, -0.1) is 0 Å². The molecule has 5 rings (SSSR count). The molecular formula is C33H44F2N2O3. The number of Topliss-reactive ketones (excluding diaryl/α,β-unsaturated/α-hetero) is 1. The van der Waals surface area contributed by atoms with Crippen LogP contribution >= 0.6 is 0 Å². The molecule has 1 unspecified atom stereocenters. The molecule has 0 aromatic heterocycles. The molecule has 7 atom stereocenters. The van der Waals surface area contributed by atoms with Crippen molar-refractivity contribution in [2.75, 3.05) is 0 Å². The van der Waals surface area contributed by atoms with Crippen LogP contribution in [0.2, 0.25) is 0 Å². The van der Waals surface area contributed by atoms with Crippen molar-refractivity contribution in [2.45, 2.75) is 112 Å². The van der Waals surface area contributed by atoms with E-state index in [1.54, 1.807) is 6.08 Å². The van der Waals surface area contributed by atoms with E-state index in [9.17, 15) is 28.4 Å². The van der Waals surface area contributed by atoms with Crippen LogP contribution in [0, 0.1) is 56.2 Å². The number of fused-ring (bicyclic) bond motifs is 7. The molecule has 3 fully saturated rings. The Morgan fingerprint density at radius 3 is 2.25 bits per heavy atom. The van der Waals surface area contributed by atoms with Gasteiger partial charge in [-0.25, -0.2) is 0 Å². The molecule has 3 saturated carbocycles. The van der Waals surface area contributed by atoms with Gasteiger partial charge in [0.1, 0.15) is 6.07 Å². The van der Waals surface area contributed by atoms with Crippen molar-refractivity contribution in [3.8, 4) is 6.07 Å². The van der Waals surface area contributed by atoms with Gasteiger partial charge < -0.3 is 5.32 Å². The van der Waals surface area contributed by atoms with Gasteiger partial charge in [-0.05, 0) is 79.1 Å². The minimum absolute atomic E-state index is 0.0113. The van der Waals surface area contributed by atoms with E-state index in [-0.39, 0.29) is 34.4 Å². The van der Waals surface area contributed by atoms with Crippen LogP contribution in [0.25, 0.3) is 0 Å². The molecule has 40 heavy (non-hydrogen) atoms. The molecule has 7 heteroatoms. The van der Waals surface area contributed by atoms with Crippen LogP contribution in [-0.2, 0) is 14.4 Å². The Kier molecular flexibility index (Phi) is 6.09. The highest BCUT2D eigenvalue weighted by Gasteiger charge is 2.70. The standard InChI is InChI=1S/C33H44F2N2O3/c1-27(2)11-13-33(37-26(40)32(8,34)35)14-12-31(7)24(20(33)17-27)21(38)15-23-29(5)16-19(18-36)25(39)28(3,4)22(29)9-10-30(23,31)6/h15-16,20,22,24H,9-14,17H2,1-8H3,(H,37,40)/t20-,22?,24-,29-,30+,31+,33-/m0/s1. The van der Waals surface area contributed by atoms with Crippen LogP contribution in [0.3, 0.4) is 0 Å². The average molecular weight is 555 g/mol. The third-order valence-electron chi connectivity index (χ3n) is 12.6. The zero-order valence-corrected chi connectivity index (χ0v) is 25.3.